The van der Waals surface area contributed by atoms with E-state index in [0.29, 0.717) is 6.42 Å². The molecule has 1 aliphatic carbocycles. The fourth-order valence-electron chi connectivity index (χ4n) is 4.96. The standard InChI is InChI=1S/C28H36N2O5/c1-17(2)15-24(26(31)30(6)25(18(3)4)27(32)33)29(5)28(34)35-16-23-21-13-9-7-11-19(21)20-12-8-10-14-22(20)23/h7-14,17-18,23-25H,15-16H2,1-6H3,(H,32,33). The third kappa shape index (κ3) is 5.50. The Morgan fingerprint density at radius 3 is 1.86 bits per heavy atom. The van der Waals surface area contributed by atoms with E-state index in [9.17, 15) is 19.5 Å². The fraction of sp³-hybridized carbons (Fsp3) is 0.464. The molecule has 2 aromatic rings. The van der Waals surface area contributed by atoms with Crippen LogP contribution in [0.4, 0.5) is 4.79 Å². The van der Waals surface area contributed by atoms with Gasteiger partial charge in [-0.15, -0.1) is 0 Å². The van der Waals surface area contributed by atoms with Gasteiger partial charge in [-0.3, -0.25) is 9.69 Å². The summed E-state index contributed by atoms with van der Waals surface area (Å²) in [7, 11) is 3.03. The van der Waals surface area contributed by atoms with Crippen LogP contribution in [-0.2, 0) is 14.3 Å². The van der Waals surface area contributed by atoms with Crippen molar-refractivity contribution >= 4 is 18.0 Å². The van der Waals surface area contributed by atoms with Crippen LogP contribution in [0.5, 0.6) is 0 Å². The number of carboxylic acids is 1. The van der Waals surface area contributed by atoms with Crippen LogP contribution < -0.4 is 0 Å². The molecule has 0 saturated carbocycles. The maximum Gasteiger partial charge on any atom is 0.410 e. The Kier molecular flexibility index (Phi) is 8.20. The van der Waals surface area contributed by atoms with Crippen LogP contribution in [0.3, 0.4) is 0 Å². The quantitative estimate of drug-likeness (QED) is 0.554. The lowest BCUT2D eigenvalue weighted by atomic mass is 9.98. The Balaban J connectivity index is 1.77. The Morgan fingerprint density at radius 1 is 0.886 bits per heavy atom. The number of carbonyl (C=O) groups excluding carboxylic acids is 2. The molecule has 0 aromatic heterocycles. The average molecular weight is 481 g/mol. The first-order chi connectivity index (χ1) is 16.5. The zero-order valence-electron chi connectivity index (χ0n) is 21.4. The lowest BCUT2D eigenvalue weighted by Crippen LogP contribution is -2.54. The molecular formula is C28H36N2O5. The minimum atomic E-state index is -1.07. The number of aliphatic carboxylic acids is 1. The molecule has 188 valence electrons. The maximum absolute atomic E-state index is 13.4. The molecule has 2 unspecified atom stereocenters. The van der Waals surface area contributed by atoms with E-state index >= 15 is 0 Å². The Bertz CT molecular complexity index is 1040. The molecule has 0 fully saturated rings. The summed E-state index contributed by atoms with van der Waals surface area (Å²) in [5.74, 6) is -1.72. The highest BCUT2D eigenvalue weighted by molar-refractivity contribution is 5.89. The molecule has 7 heteroatoms. The minimum absolute atomic E-state index is 0.0843. The van der Waals surface area contributed by atoms with Crippen molar-refractivity contribution in [1.29, 1.82) is 0 Å². The highest BCUT2D eigenvalue weighted by Gasteiger charge is 2.37. The molecule has 0 spiro atoms. The van der Waals surface area contributed by atoms with Crippen LogP contribution in [0.2, 0.25) is 0 Å². The van der Waals surface area contributed by atoms with Gasteiger partial charge in [-0.25, -0.2) is 9.59 Å². The van der Waals surface area contributed by atoms with Crippen molar-refractivity contribution in [3.05, 3.63) is 59.7 Å². The molecule has 0 radical (unpaired) electrons. The zero-order valence-corrected chi connectivity index (χ0v) is 21.4. The summed E-state index contributed by atoms with van der Waals surface area (Å²) in [6, 6.07) is 14.4. The normalized spacial score (nSPS) is 14.3. The molecule has 35 heavy (non-hydrogen) atoms. The summed E-state index contributed by atoms with van der Waals surface area (Å²) < 4.78 is 5.75. The van der Waals surface area contributed by atoms with Crippen molar-refractivity contribution in [1.82, 2.24) is 9.80 Å². The maximum atomic E-state index is 13.4. The number of carbonyl (C=O) groups is 3. The van der Waals surface area contributed by atoms with Crippen LogP contribution in [0.25, 0.3) is 11.1 Å². The molecule has 2 aromatic carbocycles. The predicted molar refractivity (Wildman–Crippen MR) is 135 cm³/mol. The number of hydrogen-bond donors (Lipinski definition) is 1. The molecule has 0 heterocycles. The van der Waals surface area contributed by atoms with Gasteiger partial charge in [0.1, 0.15) is 18.7 Å². The van der Waals surface area contributed by atoms with E-state index < -0.39 is 30.1 Å². The van der Waals surface area contributed by atoms with Gasteiger partial charge in [-0.05, 0) is 40.5 Å². The van der Waals surface area contributed by atoms with E-state index in [0.717, 1.165) is 22.3 Å². The van der Waals surface area contributed by atoms with Gasteiger partial charge in [0.15, 0.2) is 0 Å². The van der Waals surface area contributed by atoms with Crippen molar-refractivity contribution in [2.45, 2.75) is 52.1 Å². The topological polar surface area (TPSA) is 87.2 Å². The summed E-state index contributed by atoms with van der Waals surface area (Å²) in [5.41, 5.74) is 4.50. The Labute approximate surface area is 207 Å². The van der Waals surface area contributed by atoms with Gasteiger partial charge in [0, 0.05) is 20.0 Å². The average Bonchev–Trinajstić information content (AvgIpc) is 3.13. The number of carboxylic acid groups (broad SMARTS) is 1. The second-order valence-corrected chi connectivity index (χ2v) is 10.0. The van der Waals surface area contributed by atoms with Crippen molar-refractivity contribution < 1.29 is 24.2 Å². The largest absolute Gasteiger partial charge is 0.480 e. The molecule has 2 atom stereocenters. The Morgan fingerprint density at radius 2 is 1.40 bits per heavy atom. The smallest absolute Gasteiger partial charge is 0.410 e. The third-order valence-corrected chi connectivity index (χ3v) is 6.72. The van der Waals surface area contributed by atoms with Crippen molar-refractivity contribution in [3.63, 3.8) is 0 Å². The van der Waals surface area contributed by atoms with Gasteiger partial charge in [0.25, 0.3) is 0 Å². The van der Waals surface area contributed by atoms with Gasteiger partial charge < -0.3 is 14.7 Å². The van der Waals surface area contributed by atoms with E-state index in [1.165, 1.54) is 16.8 Å². The van der Waals surface area contributed by atoms with Crippen LogP contribution in [-0.4, -0.2) is 65.7 Å². The monoisotopic (exact) mass is 480 g/mol. The van der Waals surface area contributed by atoms with Crippen LogP contribution in [0.15, 0.2) is 48.5 Å². The first-order valence-corrected chi connectivity index (χ1v) is 12.1. The van der Waals surface area contributed by atoms with E-state index in [-0.39, 0.29) is 24.4 Å². The van der Waals surface area contributed by atoms with Gasteiger partial charge >= 0.3 is 12.1 Å². The summed E-state index contributed by atoms with van der Waals surface area (Å²) in [6.45, 7) is 7.59. The number of likely N-dealkylation sites (N-methyl/N-ethyl adjacent to an activating group) is 2. The Hall–Kier alpha value is -3.35. The van der Waals surface area contributed by atoms with E-state index in [1.807, 2.05) is 38.1 Å². The highest BCUT2D eigenvalue weighted by atomic mass is 16.6. The van der Waals surface area contributed by atoms with Crippen LogP contribution in [0, 0.1) is 11.8 Å². The SMILES string of the molecule is CC(C)CC(C(=O)N(C)C(C(=O)O)C(C)C)N(C)C(=O)OCC1c2ccccc2-c2ccccc21. The molecular weight excluding hydrogens is 444 g/mol. The van der Waals surface area contributed by atoms with Gasteiger partial charge in [-0.1, -0.05) is 76.2 Å². The number of fused-ring (bicyclic) bond motifs is 3. The van der Waals surface area contributed by atoms with E-state index in [1.54, 1.807) is 20.9 Å². The van der Waals surface area contributed by atoms with Crippen LogP contribution >= 0.6 is 0 Å². The molecule has 2 amide bonds. The molecule has 0 bridgehead atoms. The summed E-state index contributed by atoms with van der Waals surface area (Å²) in [5, 5.41) is 9.64. The number of rotatable bonds is 9. The number of nitrogens with zero attached hydrogens (tertiary/aromatic N) is 2. The van der Waals surface area contributed by atoms with Crippen molar-refractivity contribution in [3.8, 4) is 11.1 Å². The molecule has 7 nitrogen and oxygen atoms in total. The van der Waals surface area contributed by atoms with Gasteiger partial charge in [0.2, 0.25) is 5.91 Å². The molecule has 0 saturated heterocycles. The number of benzene rings is 2. The van der Waals surface area contributed by atoms with Crippen molar-refractivity contribution in [2.24, 2.45) is 11.8 Å². The number of amides is 2. The van der Waals surface area contributed by atoms with Gasteiger partial charge in [-0.2, -0.15) is 0 Å². The first-order valence-electron chi connectivity index (χ1n) is 12.1. The lowest BCUT2D eigenvalue weighted by molar-refractivity contribution is -0.153. The van der Waals surface area contributed by atoms with Gasteiger partial charge in [0.05, 0.1) is 0 Å². The summed E-state index contributed by atoms with van der Waals surface area (Å²) in [4.78, 5) is 40.8. The number of hydrogen-bond acceptors (Lipinski definition) is 4. The van der Waals surface area contributed by atoms with Crippen molar-refractivity contribution in [2.75, 3.05) is 20.7 Å². The second-order valence-electron chi connectivity index (χ2n) is 10.0. The predicted octanol–water partition coefficient (Wildman–Crippen LogP) is 4.85. The third-order valence-electron chi connectivity index (χ3n) is 6.72. The molecule has 1 N–H and O–H groups in total. The molecule has 1 aliphatic rings. The zero-order chi connectivity index (χ0) is 25.9. The van der Waals surface area contributed by atoms with E-state index in [2.05, 4.69) is 24.3 Å². The number of ether oxygens (including phenoxy) is 1. The van der Waals surface area contributed by atoms with Crippen LogP contribution in [0.1, 0.15) is 51.2 Å². The van der Waals surface area contributed by atoms with E-state index in [4.69, 9.17) is 4.74 Å². The first kappa shape index (κ1) is 26.3. The molecule has 3 rings (SSSR count). The second kappa shape index (κ2) is 10.9. The summed E-state index contributed by atoms with van der Waals surface area (Å²) in [6.07, 6.45) is -0.204. The fourth-order valence-corrected chi connectivity index (χ4v) is 4.96. The molecule has 0 aliphatic heterocycles. The minimum Gasteiger partial charge on any atom is -0.480 e. The summed E-state index contributed by atoms with van der Waals surface area (Å²) >= 11 is 0. The lowest BCUT2D eigenvalue weighted by Gasteiger charge is -2.35. The highest BCUT2D eigenvalue weighted by Crippen LogP contribution is 2.44.